The summed E-state index contributed by atoms with van der Waals surface area (Å²) in [6.07, 6.45) is 0. The Kier molecular flexibility index (Phi) is 7.68. The molecule has 0 heterocycles. The third-order valence-corrected chi connectivity index (χ3v) is 3.20. The molecule has 4 heteroatoms. The van der Waals surface area contributed by atoms with Gasteiger partial charge in [-0.3, -0.25) is 4.79 Å². The lowest BCUT2D eigenvalue weighted by Crippen LogP contribution is -2.09. The summed E-state index contributed by atoms with van der Waals surface area (Å²) in [5, 5.41) is 3.04. The zero-order chi connectivity index (χ0) is 7.82. The fraction of sp³-hybridized carbons (Fsp3) is 0.833. The summed E-state index contributed by atoms with van der Waals surface area (Å²) in [5.74, 6) is 1.95. The fourth-order valence-corrected chi connectivity index (χ4v) is 2.33. The highest BCUT2D eigenvalue weighted by Crippen LogP contribution is 2.19. The van der Waals surface area contributed by atoms with E-state index in [1.54, 1.807) is 28.5 Å². The topological polar surface area (TPSA) is 29.1 Å². The third-order valence-electron chi connectivity index (χ3n) is 0.781. The van der Waals surface area contributed by atoms with Gasteiger partial charge in [0, 0.05) is 12.3 Å². The molecule has 0 unspecified atom stereocenters. The van der Waals surface area contributed by atoms with E-state index in [0.717, 1.165) is 12.3 Å². The highest BCUT2D eigenvalue weighted by Gasteiger charge is 1.92. The van der Waals surface area contributed by atoms with Gasteiger partial charge in [-0.15, -0.1) is 0 Å². The van der Waals surface area contributed by atoms with E-state index in [2.05, 4.69) is 5.32 Å². The molecule has 0 saturated heterocycles. The van der Waals surface area contributed by atoms with Crippen LogP contribution in [-0.2, 0) is 4.79 Å². The molecule has 0 aliphatic heterocycles. The Morgan fingerprint density at radius 1 is 1.50 bits per heavy atom. The number of hydrogen-bond donors (Lipinski definition) is 1. The van der Waals surface area contributed by atoms with Crippen LogP contribution in [0.3, 0.4) is 0 Å². The Labute approximate surface area is 69.9 Å². The number of Topliss-reactive ketones (excluding diaryl/α,β-unsaturated/α-hetero) is 1. The van der Waals surface area contributed by atoms with E-state index in [4.69, 9.17) is 0 Å². The second-order valence-electron chi connectivity index (χ2n) is 1.89. The Morgan fingerprint density at radius 2 is 2.20 bits per heavy atom. The molecule has 1 N–H and O–H groups in total. The molecule has 0 bridgehead atoms. The number of carbonyl (C=O) groups is 1. The molecule has 0 rings (SSSR count). The van der Waals surface area contributed by atoms with E-state index in [1.807, 2.05) is 7.05 Å². The van der Waals surface area contributed by atoms with Crippen molar-refractivity contribution < 1.29 is 4.79 Å². The smallest absolute Gasteiger partial charge is 0.140 e. The van der Waals surface area contributed by atoms with Crippen LogP contribution in [0.25, 0.3) is 0 Å². The lowest BCUT2D eigenvalue weighted by molar-refractivity contribution is -0.114. The SMILES string of the molecule is CNCCSSCC(C)=O. The molecule has 2 nitrogen and oxygen atoms in total. The van der Waals surface area contributed by atoms with Crippen LogP contribution in [0.4, 0.5) is 0 Å². The van der Waals surface area contributed by atoms with Gasteiger partial charge in [0.05, 0.1) is 5.75 Å². The number of hydrogen-bond acceptors (Lipinski definition) is 4. The molecular formula is C6H13NOS2. The summed E-state index contributed by atoms with van der Waals surface area (Å²) in [4.78, 5) is 10.4. The van der Waals surface area contributed by atoms with Crippen molar-refractivity contribution in [3.05, 3.63) is 0 Å². The number of rotatable bonds is 6. The van der Waals surface area contributed by atoms with Crippen LogP contribution in [0.15, 0.2) is 0 Å². The van der Waals surface area contributed by atoms with Crippen LogP contribution in [0.5, 0.6) is 0 Å². The predicted molar refractivity (Wildman–Crippen MR) is 49.5 cm³/mol. The molecule has 0 aromatic heterocycles. The summed E-state index contributed by atoms with van der Waals surface area (Å²) in [7, 11) is 5.29. The van der Waals surface area contributed by atoms with Gasteiger partial charge in [-0.25, -0.2) is 0 Å². The number of carbonyl (C=O) groups excluding carboxylic acids is 1. The van der Waals surface area contributed by atoms with Crippen LogP contribution in [0.2, 0.25) is 0 Å². The lowest BCUT2D eigenvalue weighted by Gasteiger charge is -1.96. The van der Waals surface area contributed by atoms with Crippen molar-refractivity contribution in [3.8, 4) is 0 Å². The maximum atomic E-state index is 10.4. The van der Waals surface area contributed by atoms with E-state index in [1.165, 1.54) is 0 Å². The molecule has 0 saturated carbocycles. The zero-order valence-electron chi connectivity index (χ0n) is 6.35. The standard InChI is InChI=1S/C6H13NOS2/c1-6(8)5-10-9-4-3-7-2/h7H,3-5H2,1-2H3. The van der Waals surface area contributed by atoms with E-state index in [-0.39, 0.29) is 5.78 Å². The van der Waals surface area contributed by atoms with E-state index >= 15 is 0 Å². The first-order valence-electron chi connectivity index (χ1n) is 3.16. The molecule has 0 aromatic rings. The average molecular weight is 179 g/mol. The predicted octanol–water partition coefficient (Wildman–Crippen LogP) is 1.18. The van der Waals surface area contributed by atoms with Gasteiger partial charge in [0.1, 0.15) is 5.78 Å². The van der Waals surface area contributed by atoms with Gasteiger partial charge in [0.2, 0.25) is 0 Å². The van der Waals surface area contributed by atoms with Crippen LogP contribution in [0, 0.1) is 0 Å². The molecule has 10 heavy (non-hydrogen) atoms. The average Bonchev–Trinajstić information content (AvgIpc) is 1.87. The largest absolute Gasteiger partial charge is 0.319 e. The molecule has 0 spiro atoms. The molecule has 60 valence electrons. The van der Waals surface area contributed by atoms with E-state index < -0.39 is 0 Å². The summed E-state index contributed by atoms with van der Waals surface area (Å²) in [6, 6.07) is 0. The maximum absolute atomic E-state index is 10.4. The Morgan fingerprint density at radius 3 is 2.70 bits per heavy atom. The third kappa shape index (κ3) is 8.33. The van der Waals surface area contributed by atoms with Gasteiger partial charge in [0.25, 0.3) is 0 Å². The second kappa shape index (κ2) is 7.44. The monoisotopic (exact) mass is 179 g/mol. The normalized spacial score (nSPS) is 9.80. The highest BCUT2D eigenvalue weighted by atomic mass is 33.1. The summed E-state index contributed by atoms with van der Waals surface area (Å²) >= 11 is 0. The van der Waals surface area contributed by atoms with Gasteiger partial charge < -0.3 is 5.32 Å². The van der Waals surface area contributed by atoms with Crippen LogP contribution in [-0.4, -0.2) is 30.9 Å². The quantitative estimate of drug-likeness (QED) is 0.489. The maximum Gasteiger partial charge on any atom is 0.140 e. The second-order valence-corrected chi connectivity index (χ2v) is 4.47. The van der Waals surface area contributed by atoms with Crippen molar-refractivity contribution in [1.82, 2.24) is 5.32 Å². The lowest BCUT2D eigenvalue weighted by atomic mass is 10.5. The highest BCUT2D eigenvalue weighted by molar-refractivity contribution is 8.76. The van der Waals surface area contributed by atoms with Crippen molar-refractivity contribution in [2.75, 3.05) is 25.1 Å². The Bertz CT molecular complexity index is 97.7. The minimum absolute atomic E-state index is 0.252. The van der Waals surface area contributed by atoms with E-state index in [0.29, 0.717) is 5.75 Å². The summed E-state index contributed by atoms with van der Waals surface area (Å²) in [5.41, 5.74) is 0. The van der Waals surface area contributed by atoms with E-state index in [9.17, 15) is 4.79 Å². The van der Waals surface area contributed by atoms with Gasteiger partial charge in [-0.2, -0.15) is 0 Å². The van der Waals surface area contributed by atoms with Gasteiger partial charge in [0.15, 0.2) is 0 Å². The first-order chi connectivity index (χ1) is 4.77. The van der Waals surface area contributed by atoms with Crippen LogP contribution < -0.4 is 5.32 Å². The Hall–Kier alpha value is 0.330. The molecule has 0 radical (unpaired) electrons. The van der Waals surface area contributed by atoms with Crippen molar-refractivity contribution >= 4 is 27.4 Å². The molecule has 0 fully saturated rings. The molecular weight excluding hydrogens is 166 g/mol. The van der Waals surface area contributed by atoms with Crippen molar-refractivity contribution in [2.24, 2.45) is 0 Å². The van der Waals surface area contributed by atoms with Crippen LogP contribution >= 0.6 is 21.6 Å². The zero-order valence-corrected chi connectivity index (χ0v) is 7.98. The number of ketones is 1. The molecule has 0 amide bonds. The summed E-state index contributed by atoms with van der Waals surface area (Å²) in [6.45, 7) is 2.63. The first kappa shape index (κ1) is 10.3. The number of nitrogens with one attached hydrogen (secondary N) is 1. The molecule has 0 atom stereocenters. The molecule has 0 aromatic carbocycles. The molecule has 0 aliphatic rings. The van der Waals surface area contributed by atoms with Gasteiger partial charge >= 0.3 is 0 Å². The first-order valence-corrected chi connectivity index (χ1v) is 5.64. The van der Waals surface area contributed by atoms with Crippen LogP contribution in [0.1, 0.15) is 6.92 Å². The fourth-order valence-electron chi connectivity index (χ4n) is 0.327. The van der Waals surface area contributed by atoms with Crippen molar-refractivity contribution in [2.45, 2.75) is 6.92 Å². The minimum atomic E-state index is 0.252. The van der Waals surface area contributed by atoms with Crippen molar-refractivity contribution in [3.63, 3.8) is 0 Å². The molecule has 0 aliphatic carbocycles. The van der Waals surface area contributed by atoms with Gasteiger partial charge in [-0.05, 0) is 14.0 Å². The van der Waals surface area contributed by atoms with Gasteiger partial charge in [-0.1, -0.05) is 21.6 Å². The summed E-state index contributed by atoms with van der Waals surface area (Å²) < 4.78 is 0. The Balaban J connectivity index is 2.84. The minimum Gasteiger partial charge on any atom is -0.319 e. The van der Waals surface area contributed by atoms with Crippen molar-refractivity contribution in [1.29, 1.82) is 0 Å².